The maximum Gasteiger partial charge on any atom is 0.251 e. The van der Waals surface area contributed by atoms with Crippen molar-refractivity contribution in [3.05, 3.63) is 18.1 Å². The highest BCUT2D eigenvalue weighted by atomic mass is 19.3. The number of aromatic nitrogens is 2. The van der Waals surface area contributed by atoms with Gasteiger partial charge in [0, 0.05) is 13.1 Å². The monoisotopic (exact) mass is 232 g/mol. The van der Waals surface area contributed by atoms with Crippen molar-refractivity contribution in [1.29, 1.82) is 0 Å². The lowest BCUT2D eigenvalue weighted by atomic mass is 10.3. The highest BCUT2D eigenvalue weighted by molar-refractivity contribution is 5.22. The maximum absolute atomic E-state index is 12.2. The Morgan fingerprint density at radius 1 is 1.38 bits per heavy atom. The van der Waals surface area contributed by atoms with Gasteiger partial charge < -0.3 is 10.8 Å². The van der Waals surface area contributed by atoms with Crippen LogP contribution in [0.15, 0.2) is 12.4 Å². The summed E-state index contributed by atoms with van der Waals surface area (Å²) in [4.78, 5) is 9.17. The molecule has 90 valence electrons. The second kappa shape index (κ2) is 6.29. The molecule has 0 saturated heterocycles. The lowest BCUT2D eigenvalue weighted by molar-refractivity contribution is 0.0740. The van der Waals surface area contributed by atoms with E-state index in [1.165, 1.54) is 17.3 Å². The number of nitrogen functional groups attached to an aromatic ring is 1. The summed E-state index contributed by atoms with van der Waals surface area (Å²) >= 11 is 0. The van der Waals surface area contributed by atoms with Gasteiger partial charge in [-0.1, -0.05) is 0 Å². The zero-order valence-corrected chi connectivity index (χ0v) is 8.68. The molecule has 5 nitrogen and oxygen atoms in total. The molecule has 0 spiro atoms. The van der Waals surface area contributed by atoms with E-state index in [1.54, 1.807) is 0 Å². The van der Waals surface area contributed by atoms with Crippen LogP contribution in [0.2, 0.25) is 0 Å². The molecule has 0 atom stereocenters. The van der Waals surface area contributed by atoms with Crippen LogP contribution in [0.25, 0.3) is 0 Å². The second-order valence-electron chi connectivity index (χ2n) is 3.28. The third-order valence-corrected chi connectivity index (χ3v) is 1.92. The number of aliphatic hydroxyl groups is 1. The van der Waals surface area contributed by atoms with Crippen LogP contribution in [0.3, 0.4) is 0 Å². The summed E-state index contributed by atoms with van der Waals surface area (Å²) in [6.07, 6.45) is 0.369. The van der Waals surface area contributed by atoms with Gasteiger partial charge >= 0.3 is 0 Å². The van der Waals surface area contributed by atoms with Crippen LogP contribution >= 0.6 is 0 Å². The van der Waals surface area contributed by atoms with Crippen molar-refractivity contribution in [3.8, 4) is 0 Å². The Kier molecular flexibility index (Phi) is 5.00. The molecule has 0 saturated carbocycles. The molecule has 0 unspecified atom stereocenters. The fraction of sp³-hybridized carbons (Fsp3) is 0.556. The highest BCUT2D eigenvalue weighted by Crippen LogP contribution is 2.04. The van der Waals surface area contributed by atoms with Gasteiger partial charge in [-0.2, -0.15) is 0 Å². The van der Waals surface area contributed by atoms with Crippen molar-refractivity contribution >= 4 is 5.82 Å². The van der Waals surface area contributed by atoms with Gasteiger partial charge in [-0.15, -0.1) is 0 Å². The lowest BCUT2D eigenvalue weighted by Crippen LogP contribution is -2.31. The topological polar surface area (TPSA) is 75.3 Å². The first-order valence-electron chi connectivity index (χ1n) is 4.79. The SMILES string of the molecule is Nc1cnc(CN(CCO)CC(F)F)cn1. The standard InChI is InChI=1S/C9H14F2N4O/c10-8(11)6-15(1-2-16)5-7-3-14-9(12)4-13-7/h3-4,8,16H,1-2,5-6H2,(H2,12,14). The number of aliphatic hydroxyl groups excluding tert-OH is 1. The Bertz CT molecular complexity index is 307. The first-order chi connectivity index (χ1) is 7.61. The largest absolute Gasteiger partial charge is 0.395 e. The van der Waals surface area contributed by atoms with Gasteiger partial charge in [0.15, 0.2) is 0 Å². The molecule has 0 aliphatic rings. The van der Waals surface area contributed by atoms with E-state index in [9.17, 15) is 8.78 Å². The number of nitrogens with zero attached hydrogens (tertiary/aromatic N) is 3. The molecule has 1 aromatic rings. The molecule has 7 heteroatoms. The molecular formula is C9H14F2N4O. The van der Waals surface area contributed by atoms with Crippen LogP contribution in [0.5, 0.6) is 0 Å². The Balaban J connectivity index is 2.56. The van der Waals surface area contributed by atoms with E-state index >= 15 is 0 Å². The highest BCUT2D eigenvalue weighted by Gasteiger charge is 2.12. The van der Waals surface area contributed by atoms with Gasteiger partial charge in [-0.3, -0.25) is 9.88 Å². The number of anilines is 1. The van der Waals surface area contributed by atoms with Crippen molar-refractivity contribution in [2.45, 2.75) is 13.0 Å². The predicted molar refractivity (Wildman–Crippen MR) is 54.8 cm³/mol. The van der Waals surface area contributed by atoms with Gasteiger partial charge in [0.05, 0.1) is 31.2 Å². The van der Waals surface area contributed by atoms with E-state index in [1.807, 2.05) is 0 Å². The molecule has 16 heavy (non-hydrogen) atoms. The van der Waals surface area contributed by atoms with Gasteiger partial charge in [0.2, 0.25) is 0 Å². The zero-order chi connectivity index (χ0) is 12.0. The molecule has 0 aromatic carbocycles. The molecule has 0 aliphatic heterocycles. The number of halogens is 2. The first-order valence-corrected chi connectivity index (χ1v) is 4.79. The normalized spacial score (nSPS) is 11.3. The summed E-state index contributed by atoms with van der Waals surface area (Å²) in [5.41, 5.74) is 5.89. The van der Waals surface area contributed by atoms with Gasteiger partial charge in [-0.25, -0.2) is 13.8 Å². The van der Waals surface area contributed by atoms with Crippen molar-refractivity contribution in [2.75, 3.05) is 25.4 Å². The van der Waals surface area contributed by atoms with Crippen LogP contribution in [0, 0.1) is 0 Å². The molecule has 1 rings (SSSR count). The lowest BCUT2D eigenvalue weighted by Gasteiger charge is -2.19. The summed E-state index contributed by atoms with van der Waals surface area (Å²) in [6, 6.07) is 0. The molecule has 0 aliphatic carbocycles. The summed E-state index contributed by atoms with van der Waals surface area (Å²) in [7, 11) is 0. The van der Waals surface area contributed by atoms with Crippen LogP contribution in [0.1, 0.15) is 5.69 Å². The number of hydrogen-bond acceptors (Lipinski definition) is 5. The minimum absolute atomic E-state index is 0.172. The van der Waals surface area contributed by atoms with Crippen LogP contribution in [0.4, 0.5) is 14.6 Å². The fourth-order valence-corrected chi connectivity index (χ4v) is 1.25. The Labute approximate surface area is 91.9 Å². The van der Waals surface area contributed by atoms with E-state index in [2.05, 4.69) is 9.97 Å². The van der Waals surface area contributed by atoms with Gasteiger partial charge in [-0.05, 0) is 0 Å². The second-order valence-corrected chi connectivity index (χ2v) is 3.28. The minimum atomic E-state index is -2.44. The molecule has 0 bridgehead atoms. The Morgan fingerprint density at radius 3 is 2.62 bits per heavy atom. The number of hydrogen-bond donors (Lipinski definition) is 2. The summed E-state index contributed by atoms with van der Waals surface area (Å²) in [5, 5.41) is 8.73. The van der Waals surface area contributed by atoms with Crippen molar-refractivity contribution in [3.63, 3.8) is 0 Å². The van der Waals surface area contributed by atoms with E-state index in [0.717, 1.165) is 0 Å². The van der Waals surface area contributed by atoms with Crippen molar-refractivity contribution in [2.24, 2.45) is 0 Å². The van der Waals surface area contributed by atoms with Crippen LogP contribution in [-0.2, 0) is 6.54 Å². The number of alkyl halides is 2. The van der Waals surface area contributed by atoms with E-state index in [0.29, 0.717) is 5.69 Å². The predicted octanol–water partition coefficient (Wildman–Crippen LogP) is 0.118. The molecular weight excluding hydrogens is 218 g/mol. The van der Waals surface area contributed by atoms with Gasteiger partial charge in [0.25, 0.3) is 6.43 Å². The quantitative estimate of drug-likeness (QED) is 0.728. The molecule has 0 amide bonds. The molecule has 0 radical (unpaired) electrons. The average Bonchev–Trinajstić information content (AvgIpc) is 2.21. The maximum atomic E-state index is 12.2. The molecule has 1 aromatic heterocycles. The van der Waals surface area contributed by atoms with Crippen LogP contribution in [-0.4, -0.2) is 46.1 Å². The third kappa shape index (κ3) is 4.45. The van der Waals surface area contributed by atoms with Gasteiger partial charge in [0.1, 0.15) is 5.82 Å². The molecule has 0 fully saturated rings. The average molecular weight is 232 g/mol. The Morgan fingerprint density at radius 2 is 2.12 bits per heavy atom. The van der Waals surface area contributed by atoms with E-state index in [-0.39, 0.29) is 25.5 Å². The fourth-order valence-electron chi connectivity index (χ4n) is 1.25. The number of rotatable bonds is 6. The Hall–Kier alpha value is -1.34. The summed E-state index contributed by atoms with van der Waals surface area (Å²) in [5.74, 6) is 0.284. The van der Waals surface area contributed by atoms with Crippen molar-refractivity contribution in [1.82, 2.24) is 14.9 Å². The number of nitrogens with two attached hydrogens (primary N) is 1. The minimum Gasteiger partial charge on any atom is -0.395 e. The van der Waals surface area contributed by atoms with Crippen molar-refractivity contribution < 1.29 is 13.9 Å². The first kappa shape index (κ1) is 12.7. The zero-order valence-electron chi connectivity index (χ0n) is 8.68. The van der Waals surface area contributed by atoms with Crippen LogP contribution < -0.4 is 5.73 Å². The summed E-state index contributed by atoms with van der Waals surface area (Å²) < 4.78 is 24.4. The third-order valence-electron chi connectivity index (χ3n) is 1.92. The molecule has 3 N–H and O–H groups in total. The van der Waals surface area contributed by atoms with E-state index < -0.39 is 13.0 Å². The smallest absolute Gasteiger partial charge is 0.251 e. The van der Waals surface area contributed by atoms with E-state index in [4.69, 9.17) is 10.8 Å². The molecule has 1 heterocycles. The summed E-state index contributed by atoms with van der Waals surface area (Å²) in [6.45, 7) is -0.170.